The van der Waals surface area contributed by atoms with E-state index in [1.165, 1.54) is 37.8 Å². The Balaban J connectivity index is 1.90. The van der Waals surface area contributed by atoms with Crippen molar-refractivity contribution in [1.29, 1.82) is 0 Å². The molecule has 112 valence electrons. The number of rotatable bonds is 5. The van der Waals surface area contributed by atoms with Gasteiger partial charge in [-0.1, -0.05) is 19.4 Å². The predicted molar refractivity (Wildman–Crippen MR) is 79.9 cm³/mol. The van der Waals surface area contributed by atoms with E-state index in [9.17, 15) is 9.50 Å². The third kappa shape index (κ3) is 3.70. The zero-order chi connectivity index (χ0) is 14.5. The summed E-state index contributed by atoms with van der Waals surface area (Å²) in [7, 11) is 0. The minimum atomic E-state index is -0.572. The van der Waals surface area contributed by atoms with Crippen molar-refractivity contribution < 1.29 is 9.50 Å². The Labute approximate surface area is 120 Å². The van der Waals surface area contributed by atoms with Gasteiger partial charge >= 0.3 is 0 Å². The smallest absolute Gasteiger partial charge is 0.146 e. The molecule has 2 rings (SSSR count). The van der Waals surface area contributed by atoms with Gasteiger partial charge in [0.25, 0.3) is 0 Å². The van der Waals surface area contributed by atoms with Gasteiger partial charge in [0.05, 0.1) is 11.8 Å². The van der Waals surface area contributed by atoms with Gasteiger partial charge in [-0.2, -0.15) is 0 Å². The van der Waals surface area contributed by atoms with Crippen LogP contribution in [0.15, 0.2) is 18.2 Å². The quantitative estimate of drug-likeness (QED) is 0.815. The van der Waals surface area contributed by atoms with Crippen molar-refractivity contribution in [3.05, 3.63) is 29.6 Å². The Morgan fingerprint density at radius 2 is 2.25 bits per heavy atom. The normalized spacial score (nSPS) is 21.9. The molecular formula is C16H25FN2O. The molecule has 2 unspecified atom stereocenters. The van der Waals surface area contributed by atoms with Crippen LogP contribution in [0.5, 0.6) is 0 Å². The van der Waals surface area contributed by atoms with E-state index >= 15 is 0 Å². The molecule has 3 N–H and O–H groups in total. The molecule has 3 nitrogen and oxygen atoms in total. The molecule has 20 heavy (non-hydrogen) atoms. The first-order chi connectivity index (χ1) is 9.61. The average molecular weight is 280 g/mol. The Bertz CT molecular complexity index is 438. The van der Waals surface area contributed by atoms with Crippen molar-refractivity contribution >= 4 is 5.69 Å². The highest BCUT2D eigenvalue weighted by Gasteiger charge is 2.21. The second-order valence-electron chi connectivity index (χ2n) is 5.68. The molecule has 0 spiro atoms. The van der Waals surface area contributed by atoms with Crippen molar-refractivity contribution in [3.8, 4) is 0 Å². The summed E-state index contributed by atoms with van der Waals surface area (Å²) in [5.74, 6) is -0.428. The first-order valence-electron chi connectivity index (χ1n) is 7.59. The molecule has 0 aromatic heterocycles. The minimum Gasteiger partial charge on any atom is -0.396 e. The highest BCUT2D eigenvalue weighted by Crippen LogP contribution is 2.24. The first kappa shape index (κ1) is 15.3. The van der Waals surface area contributed by atoms with Crippen LogP contribution in [0.4, 0.5) is 10.1 Å². The van der Waals surface area contributed by atoms with E-state index in [2.05, 4.69) is 11.8 Å². The average Bonchev–Trinajstić information content (AvgIpc) is 2.47. The largest absolute Gasteiger partial charge is 0.396 e. The summed E-state index contributed by atoms with van der Waals surface area (Å²) in [6.07, 6.45) is 5.08. The number of aliphatic hydroxyl groups excluding tert-OH is 1. The molecular weight excluding hydrogens is 255 g/mol. The minimum absolute atomic E-state index is 0.103. The lowest BCUT2D eigenvalue weighted by molar-refractivity contribution is 0.101. The van der Waals surface area contributed by atoms with Crippen LogP contribution in [-0.2, 0) is 0 Å². The summed E-state index contributed by atoms with van der Waals surface area (Å²) in [4.78, 5) is 2.47. The van der Waals surface area contributed by atoms with E-state index in [4.69, 9.17) is 5.73 Å². The molecule has 1 fully saturated rings. The summed E-state index contributed by atoms with van der Waals surface area (Å²) < 4.78 is 13.1. The van der Waals surface area contributed by atoms with Gasteiger partial charge in [0.1, 0.15) is 5.82 Å². The summed E-state index contributed by atoms with van der Waals surface area (Å²) in [5, 5.41) is 10.2. The van der Waals surface area contributed by atoms with Crippen LogP contribution in [0.2, 0.25) is 0 Å². The fourth-order valence-electron chi connectivity index (χ4n) is 3.04. The van der Waals surface area contributed by atoms with Crippen LogP contribution < -0.4 is 5.73 Å². The number of nitrogen functional groups attached to an aromatic ring is 1. The van der Waals surface area contributed by atoms with E-state index in [0.29, 0.717) is 18.0 Å². The second-order valence-corrected chi connectivity index (χ2v) is 5.68. The van der Waals surface area contributed by atoms with E-state index < -0.39 is 11.9 Å². The highest BCUT2D eigenvalue weighted by atomic mass is 19.1. The van der Waals surface area contributed by atoms with Crippen LogP contribution in [-0.4, -0.2) is 29.1 Å². The van der Waals surface area contributed by atoms with Crippen molar-refractivity contribution in [2.75, 3.05) is 18.8 Å². The fraction of sp³-hybridized carbons (Fsp3) is 0.625. The number of piperidine rings is 1. The Morgan fingerprint density at radius 1 is 1.45 bits per heavy atom. The molecule has 0 amide bonds. The van der Waals surface area contributed by atoms with E-state index in [-0.39, 0.29) is 5.69 Å². The van der Waals surface area contributed by atoms with Crippen LogP contribution >= 0.6 is 0 Å². The zero-order valence-electron chi connectivity index (χ0n) is 12.2. The van der Waals surface area contributed by atoms with Gasteiger partial charge in [-0.25, -0.2) is 4.39 Å². The van der Waals surface area contributed by atoms with E-state index in [0.717, 1.165) is 13.1 Å². The van der Waals surface area contributed by atoms with Crippen LogP contribution in [0.1, 0.15) is 50.7 Å². The van der Waals surface area contributed by atoms with Crippen molar-refractivity contribution in [2.45, 2.75) is 51.2 Å². The van der Waals surface area contributed by atoms with Gasteiger partial charge < -0.3 is 15.7 Å². The van der Waals surface area contributed by atoms with Crippen molar-refractivity contribution in [1.82, 2.24) is 4.90 Å². The molecule has 1 heterocycles. The molecule has 0 radical (unpaired) electrons. The van der Waals surface area contributed by atoms with Gasteiger partial charge in [-0.05, 0) is 49.9 Å². The second kappa shape index (κ2) is 7.04. The number of aliphatic hydroxyl groups is 1. The summed E-state index contributed by atoms with van der Waals surface area (Å²) in [6.45, 7) is 4.23. The summed E-state index contributed by atoms with van der Waals surface area (Å²) >= 11 is 0. The number of hydrogen-bond donors (Lipinski definition) is 2. The standard InChI is InChI=1S/C16H25FN2O/c1-2-13-5-3-4-9-19(13)10-8-16(20)12-6-7-14(17)15(18)11-12/h6-7,11,13,16,20H,2-5,8-10,18H2,1H3. The Morgan fingerprint density at radius 3 is 2.95 bits per heavy atom. The SMILES string of the molecule is CCC1CCCCN1CCC(O)c1ccc(F)c(N)c1. The number of nitrogens with zero attached hydrogens (tertiary/aromatic N) is 1. The highest BCUT2D eigenvalue weighted by molar-refractivity contribution is 5.43. The van der Waals surface area contributed by atoms with Gasteiger partial charge in [0.2, 0.25) is 0 Å². The number of nitrogens with two attached hydrogens (primary N) is 1. The third-order valence-corrected chi connectivity index (χ3v) is 4.31. The lowest BCUT2D eigenvalue weighted by Gasteiger charge is -2.35. The van der Waals surface area contributed by atoms with Gasteiger partial charge in [0.15, 0.2) is 0 Å². The fourth-order valence-corrected chi connectivity index (χ4v) is 3.04. The number of halogens is 1. The maximum Gasteiger partial charge on any atom is 0.146 e. The molecule has 1 aromatic carbocycles. The van der Waals surface area contributed by atoms with Gasteiger partial charge in [0, 0.05) is 12.6 Å². The number of likely N-dealkylation sites (tertiary alicyclic amines) is 1. The molecule has 1 saturated heterocycles. The molecule has 1 aliphatic rings. The van der Waals surface area contributed by atoms with Crippen LogP contribution in [0.25, 0.3) is 0 Å². The maximum atomic E-state index is 13.1. The third-order valence-electron chi connectivity index (χ3n) is 4.31. The summed E-state index contributed by atoms with van der Waals surface area (Å²) in [6, 6.07) is 5.12. The molecule has 1 aromatic rings. The predicted octanol–water partition coefficient (Wildman–Crippen LogP) is 3.10. The van der Waals surface area contributed by atoms with Gasteiger partial charge in [-0.3, -0.25) is 0 Å². The maximum absolute atomic E-state index is 13.1. The van der Waals surface area contributed by atoms with Crippen LogP contribution in [0.3, 0.4) is 0 Å². The molecule has 2 atom stereocenters. The molecule has 1 aliphatic heterocycles. The van der Waals surface area contributed by atoms with E-state index in [1.54, 1.807) is 6.07 Å². The Kier molecular flexibility index (Phi) is 5.38. The first-order valence-corrected chi connectivity index (χ1v) is 7.59. The number of hydrogen-bond acceptors (Lipinski definition) is 3. The number of benzene rings is 1. The topological polar surface area (TPSA) is 49.5 Å². The summed E-state index contributed by atoms with van der Waals surface area (Å²) in [5.41, 5.74) is 6.35. The Hall–Kier alpha value is -1.13. The zero-order valence-corrected chi connectivity index (χ0v) is 12.2. The van der Waals surface area contributed by atoms with E-state index in [1.807, 2.05) is 0 Å². The lowest BCUT2D eigenvalue weighted by Crippen LogP contribution is -2.40. The monoisotopic (exact) mass is 280 g/mol. The molecule has 0 saturated carbocycles. The molecule has 0 bridgehead atoms. The van der Waals surface area contributed by atoms with Crippen molar-refractivity contribution in [2.24, 2.45) is 0 Å². The number of anilines is 1. The van der Waals surface area contributed by atoms with Crippen molar-refractivity contribution in [3.63, 3.8) is 0 Å². The molecule has 4 heteroatoms. The van der Waals surface area contributed by atoms with Gasteiger partial charge in [-0.15, -0.1) is 0 Å². The lowest BCUT2D eigenvalue weighted by atomic mass is 9.98. The van der Waals surface area contributed by atoms with Crippen LogP contribution in [0, 0.1) is 5.82 Å². The molecule has 0 aliphatic carbocycles.